The molecular formula is C22H25N3O3S2. The van der Waals surface area contributed by atoms with Gasteiger partial charge >= 0.3 is 0 Å². The van der Waals surface area contributed by atoms with Crippen molar-refractivity contribution in [3.05, 3.63) is 50.6 Å². The van der Waals surface area contributed by atoms with E-state index in [1.54, 1.807) is 30.1 Å². The molecule has 30 heavy (non-hydrogen) atoms. The lowest BCUT2D eigenvalue weighted by Gasteiger charge is -2.13. The highest BCUT2D eigenvalue weighted by atomic mass is 32.2. The molecule has 1 amide bonds. The summed E-state index contributed by atoms with van der Waals surface area (Å²) in [5, 5.41) is 4.00. The number of fused-ring (bicyclic) bond motifs is 3. The fourth-order valence-electron chi connectivity index (χ4n) is 3.69. The molecule has 0 saturated carbocycles. The number of nitrogens with one attached hydrogen (secondary N) is 1. The minimum Gasteiger partial charge on any atom is -0.497 e. The molecule has 2 aromatic heterocycles. The minimum atomic E-state index is -0.344. The van der Waals surface area contributed by atoms with E-state index in [0.29, 0.717) is 11.7 Å². The second-order valence-electron chi connectivity index (χ2n) is 7.45. The molecule has 0 bridgehead atoms. The normalized spacial score (nSPS) is 14.0. The summed E-state index contributed by atoms with van der Waals surface area (Å²) >= 11 is 2.95. The first-order chi connectivity index (χ1) is 14.5. The van der Waals surface area contributed by atoms with Crippen LogP contribution in [-0.4, -0.2) is 34.4 Å². The van der Waals surface area contributed by atoms with Gasteiger partial charge in [0.2, 0.25) is 5.91 Å². The lowest BCUT2D eigenvalue weighted by Crippen LogP contribution is -2.33. The first-order valence-electron chi connectivity index (χ1n) is 10.1. The van der Waals surface area contributed by atoms with Crippen LogP contribution in [-0.2, 0) is 31.1 Å². The fraction of sp³-hybridized carbons (Fsp3) is 0.409. The van der Waals surface area contributed by atoms with E-state index in [1.807, 2.05) is 31.2 Å². The molecule has 1 aliphatic rings. The van der Waals surface area contributed by atoms with Gasteiger partial charge in [0.05, 0.1) is 17.7 Å². The highest BCUT2D eigenvalue weighted by Gasteiger charge is 2.24. The van der Waals surface area contributed by atoms with Crippen molar-refractivity contribution in [3.63, 3.8) is 0 Å². The molecule has 1 N–H and O–H groups in total. The van der Waals surface area contributed by atoms with Crippen molar-refractivity contribution in [1.29, 1.82) is 0 Å². The van der Waals surface area contributed by atoms with Crippen LogP contribution >= 0.6 is 23.1 Å². The summed E-state index contributed by atoms with van der Waals surface area (Å²) in [6, 6.07) is 7.82. The molecule has 6 nitrogen and oxygen atoms in total. The van der Waals surface area contributed by atoms with Crippen LogP contribution in [0.2, 0.25) is 0 Å². The average molecular weight is 444 g/mol. The molecule has 1 aromatic carbocycles. The Kier molecular flexibility index (Phi) is 6.15. The number of benzene rings is 1. The molecule has 8 heteroatoms. The Labute approximate surface area is 183 Å². The van der Waals surface area contributed by atoms with E-state index >= 15 is 0 Å². The van der Waals surface area contributed by atoms with Crippen molar-refractivity contribution >= 4 is 39.2 Å². The van der Waals surface area contributed by atoms with Gasteiger partial charge in [-0.25, -0.2) is 4.98 Å². The summed E-state index contributed by atoms with van der Waals surface area (Å²) in [5.74, 6) is 0.760. The molecule has 0 fully saturated rings. The number of rotatable bonds is 7. The van der Waals surface area contributed by atoms with Crippen LogP contribution in [0.15, 0.2) is 34.2 Å². The molecule has 4 rings (SSSR count). The number of nitrogens with zero attached hydrogens (tertiary/aromatic N) is 2. The van der Waals surface area contributed by atoms with Crippen molar-refractivity contribution in [2.75, 3.05) is 13.7 Å². The molecule has 0 aliphatic heterocycles. The van der Waals surface area contributed by atoms with Crippen molar-refractivity contribution < 1.29 is 9.53 Å². The van der Waals surface area contributed by atoms with E-state index in [4.69, 9.17) is 9.72 Å². The van der Waals surface area contributed by atoms with E-state index < -0.39 is 0 Å². The summed E-state index contributed by atoms with van der Waals surface area (Å²) in [5.41, 5.74) is 2.31. The van der Waals surface area contributed by atoms with Gasteiger partial charge in [0.15, 0.2) is 5.16 Å². The van der Waals surface area contributed by atoms with E-state index in [2.05, 4.69) is 5.32 Å². The number of hydrogen-bond acceptors (Lipinski definition) is 6. The second kappa shape index (κ2) is 8.81. The topological polar surface area (TPSA) is 73.2 Å². The van der Waals surface area contributed by atoms with Gasteiger partial charge in [-0.2, -0.15) is 0 Å². The molecule has 3 aromatic rings. The molecule has 1 aliphatic carbocycles. The zero-order valence-electron chi connectivity index (χ0n) is 17.4. The number of carbonyl (C=O) groups excluding carboxylic acids is 1. The molecule has 158 valence electrons. The third-order valence-electron chi connectivity index (χ3n) is 5.43. The smallest absolute Gasteiger partial charge is 0.262 e. The number of thioether (sulfide) groups is 1. The maximum absolute atomic E-state index is 12.9. The molecule has 0 radical (unpaired) electrons. The highest BCUT2D eigenvalue weighted by molar-refractivity contribution is 8.00. The lowest BCUT2D eigenvalue weighted by molar-refractivity contribution is -0.120. The summed E-state index contributed by atoms with van der Waals surface area (Å²) in [6.07, 6.45) is 3.86. The molecular weight excluding hydrogens is 418 g/mol. The summed E-state index contributed by atoms with van der Waals surface area (Å²) in [7, 11) is 3.38. The lowest BCUT2D eigenvalue weighted by atomic mass is 10.1. The number of methoxy groups -OCH3 is 1. The number of aromatic nitrogens is 2. The molecule has 2 heterocycles. The number of thiophene rings is 1. The van der Waals surface area contributed by atoms with E-state index in [1.165, 1.54) is 22.2 Å². The standard InChI is InChI=1S/C22H25N3O3S2/c1-13(19(26)23-12-11-14-7-9-15(28-3)10-8-14)29-22-24-20-18(21(27)25(22)2)16-5-4-6-17(16)30-20/h7-10,13H,4-6,11-12H2,1-3H3,(H,23,26). The SMILES string of the molecule is COc1ccc(CCNC(=O)C(C)Sc2nc3sc4c(c3c(=O)n2C)CCC4)cc1. The molecule has 1 unspecified atom stereocenters. The quantitative estimate of drug-likeness (QED) is 0.448. The van der Waals surface area contributed by atoms with Crippen molar-refractivity contribution in [1.82, 2.24) is 14.9 Å². The fourth-order valence-corrected chi connectivity index (χ4v) is 5.89. The van der Waals surface area contributed by atoms with Gasteiger partial charge in [-0.15, -0.1) is 11.3 Å². The molecule has 1 atom stereocenters. The van der Waals surface area contributed by atoms with Crippen LogP contribution in [0.25, 0.3) is 10.2 Å². The third-order valence-corrected chi connectivity index (χ3v) is 7.76. The van der Waals surface area contributed by atoms with E-state index in [0.717, 1.165) is 47.2 Å². The number of aryl methyl sites for hydroxylation is 2. The molecule has 0 saturated heterocycles. The van der Waals surface area contributed by atoms with Crippen LogP contribution in [0.5, 0.6) is 5.75 Å². The van der Waals surface area contributed by atoms with Crippen LogP contribution in [0.3, 0.4) is 0 Å². The van der Waals surface area contributed by atoms with E-state index in [9.17, 15) is 9.59 Å². The van der Waals surface area contributed by atoms with Gasteiger partial charge in [0.25, 0.3) is 5.56 Å². The Bertz CT molecular complexity index is 1140. The van der Waals surface area contributed by atoms with Gasteiger partial charge in [-0.05, 0) is 55.9 Å². The first kappa shape index (κ1) is 20.9. The van der Waals surface area contributed by atoms with Gasteiger partial charge in [-0.1, -0.05) is 23.9 Å². The summed E-state index contributed by atoms with van der Waals surface area (Å²) in [4.78, 5) is 32.3. The van der Waals surface area contributed by atoms with Crippen molar-refractivity contribution in [3.8, 4) is 5.75 Å². The maximum atomic E-state index is 12.9. The van der Waals surface area contributed by atoms with Crippen molar-refractivity contribution in [2.24, 2.45) is 7.05 Å². The van der Waals surface area contributed by atoms with Gasteiger partial charge in [0, 0.05) is 18.5 Å². The monoisotopic (exact) mass is 443 g/mol. The van der Waals surface area contributed by atoms with Crippen LogP contribution in [0.4, 0.5) is 0 Å². The third kappa shape index (κ3) is 4.11. The average Bonchev–Trinajstić information content (AvgIpc) is 3.33. The van der Waals surface area contributed by atoms with Crippen LogP contribution in [0.1, 0.15) is 29.3 Å². The highest BCUT2D eigenvalue weighted by Crippen LogP contribution is 2.35. The predicted octanol–water partition coefficient (Wildman–Crippen LogP) is 3.33. The number of carbonyl (C=O) groups is 1. The summed E-state index contributed by atoms with van der Waals surface area (Å²) in [6.45, 7) is 2.40. The number of amides is 1. The maximum Gasteiger partial charge on any atom is 0.262 e. The minimum absolute atomic E-state index is 0.00554. The van der Waals surface area contributed by atoms with Gasteiger partial charge in [-0.3, -0.25) is 14.2 Å². The predicted molar refractivity (Wildman–Crippen MR) is 122 cm³/mol. The Morgan fingerprint density at radius 2 is 2.10 bits per heavy atom. The Morgan fingerprint density at radius 1 is 1.33 bits per heavy atom. The molecule has 0 spiro atoms. The number of ether oxygens (including phenoxy) is 1. The Balaban J connectivity index is 1.39. The van der Waals surface area contributed by atoms with Gasteiger partial charge in [0.1, 0.15) is 10.6 Å². The summed E-state index contributed by atoms with van der Waals surface area (Å²) < 4.78 is 6.74. The zero-order valence-corrected chi connectivity index (χ0v) is 19.0. The Hall–Kier alpha value is -2.32. The first-order valence-corrected chi connectivity index (χ1v) is 11.8. The zero-order chi connectivity index (χ0) is 21.3. The van der Waals surface area contributed by atoms with Crippen molar-refractivity contribution in [2.45, 2.75) is 43.0 Å². The van der Waals surface area contributed by atoms with E-state index in [-0.39, 0.29) is 16.7 Å². The van der Waals surface area contributed by atoms with Gasteiger partial charge < -0.3 is 10.1 Å². The van der Waals surface area contributed by atoms with Crippen LogP contribution < -0.4 is 15.6 Å². The number of hydrogen-bond donors (Lipinski definition) is 1. The van der Waals surface area contributed by atoms with Crippen LogP contribution in [0, 0.1) is 0 Å². The second-order valence-corrected chi connectivity index (χ2v) is 9.84. The largest absolute Gasteiger partial charge is 0.497 e. The Morgan fingerprint density at radius 3 is 2.83 bits per heavy atom.